The van der Waals surface area contributed by atoms with E-state index in [1.165, 1.54) is 10.9 Å². The highest BCUT2D eigenvalue weighted by molar-refractivity contribution is 5.84. The Labute approximate surface area is 119 Å². The van der Waals surface area contributed by atoms with Crippen molar-refractivity contribution < 1.29 is 4.79 Å². The van der Waals surface area contributed by atoms with Crippen LogP contribution in [0.4, 0.5) is 0 Å². The highest BCUT2D eigenvalue weighted by Crippen LogP contribution is 2.18. The number of carbonyl (C=O) groups excluding carboxylic acids is 1. The van der Waals surface area contributed by atoms with Crippen LogP contribution in [0.15, 0.2) is 30.5 Å². The molecule has 1 fully saturated rings. The number of aromatic nitrogens is 1. The van der Waals surface area contributed by atoms with Gasteiger partial charge in [0.2, 0.25) is 5.91 Å². The van der Waals surface area contributed by atoms with E-state index in [9.17, 15) is 4.79 Å². The van der Waals surface area contributed by atoms with Crippen LogP contribution in [0.25, 0.3) is 10.9 Å². The van der Waals surface area contributed by atoms with Crippen molar-refractivity contribution in [3.63, 3.8) is 0 Å². The summed E-state index contributed by atoms with van der Waals surface area (Å²) in [5, 5.41) is 4.36. The predicted molar refractivity (Wildman–Crippen MR) is 80.5 cm³/mol. The van der Waals surface area contributed by atoms with E-state index in [4.69, 9.17) is 0 Å². The molecule has 1 aromatic heterocycles. The van der Waals surface area contributed by atoms with Crippen molar-refractivity contribution in [2.24, 2.45) is 0 Å². The molecular weight excluding hydrogens is 250 g/mol. The first-order valence-corrected chi connectivity index (χ1v) is 7.28. The van der Waals surface area contributed by atoms with Crippen molar-refractivity contribution >= 4 is 16.8 Å². The highest BCUT2D eigenvalue weighted by atomic mass is 16.2. The molecule has 0 spiro atoms. The zero-order valence-electron chi connectivity index (χ0n) is 11.9. The Hall–Kier alpha value is -1.81. The predicted octanol–water partition coefficient (Wildman–Crippen LogP) is 1.98. The lowest BCUT2D eigenvalue weighted by atomic mass is 10.1. The van der Waals surface area contributed by atoms with Gasteiger partial charge in [-0.3, -0.25) is 4.79 Å². The molecule has 4 nitrogen and oxygen atoms in total. The Bertz CT molecular complexity index is 611. The zero-order valence-corrected chi connectivity index (χ0v) is 11.9. The monoisotopic (exact) mass is 271 g/mol. The maximum Gasteiger partial charge on any atom is 0.242 e. The van der Waals surface area contributed by atoms with Gasteiger partial charge in [0.1, 0.15) is 6.54 Å². The minimum Gasteiger partial charge on any atom is -0.341 e. The molecule has 2 heterocycles. The molecule has 1 N–H and O–H groups in total. The van der Waals surface area contributed by atoms with Crippen molar-refractivity contribution in [3.05, 3.63) is 36.0 Å². The van der Waals surface area contributed by atoms with E-state index in [0.29, 0.717) is 6.54 Å². The summed E-state index contributed by atoms with van der Waals surface area (Å²) in [6, 6.07) is 8.50. The van der Waals surface area contributed by atoms with E-state index < -0.39 is 0 Å². The van der Waals surface area contributed by atoms with E-state index in [0.717, 1.165) is 38.0 Å². The van der Waals surface area contributed by atoms with Gasteiger partial charge >= 0.3 is 0 Å². The van der Waals surface area contributed by atoms with E-state index in [1.54, 1.807) is 0 Å². The summed E-state index contributed by atoms with van der Waals surface area (Å²) < 4.78 is 2.05. The lowest BCUT2D eigenvalue weighted by Gasteiger charge is -2.16. The van der Waals surface area contributed by atoms with Crippen LogP contribution in [0.3, 0.4) is 0 Å². The first kappa shape index (κ1) is 13.2. The summed E-state index contributed by atoms with van der Waals surface area (Å²) in [7, 11) is 1.95. The van der Waals surface area contributed by atoms with E-state index in [-0.39, 0.29) is 5.91 Å². The van der Waals surface area contributed by atoms with Crippen molar-refractivity contribution in [3.8, 4) is 0 Å². The summed E-state index contributed by atoms with van der Waals surface area (Å²) in [6.45, 7) is 3.16. The van der Waals surface area contributed by atoms with Crippen LogP contribution in [0.1, 0.15) is 18.4 Å². The van der Waals surface area contributed by atoms with Crippen LogP contribution in [0.5, 0.6) is 0 Å². The number of nitrogens with one attached hydrogen (secondary N) is 1. The molecule has 0 unspecified atom stereocenters. The van der Waals surface area contributed by atoms with Gasteiger partial charge < -0.3 is 14.8 Å². The maximum absolute atomic E-state index is 12.2. The molecule has 2 aromatic rings. The number of likely N-dealkylation sites (tertiary alicyclic amines) is 1. The normalized spacial score (nSPS) is 15.2. The van der Waals surface area contributed by atoms with Crippen LogP contribution in [-0.2, 0) is 17.9 Å². The molecule has 1 saturated heterocycles. The molecule has 0 radical (unpaired) electrons. The Morgan fingerprint density at radius 3 is 2.80 bits per heavy atom. The second-order valence-corrected chi connectivity index (χ2v) is 5.46. The number of fused-ring (bicyclic) bond motifs is 1. The van der Waals surface area contributed by atoms with Crippen LogP contribution in [0, 0.1) is 0 Å². The number of amides is 1. The highest BCUT2D eigenvalue weighted by Gasteiger charge is 2.18. The van der Waals surface area contributed by atoms with E-state index in [1.807, 2.05) is 18.1 Å². The largest absolute Gasteiger partial charge is 0.341 e. The molecule has 0 aliphatic carbocycles. The van der Waals surface area contributed by atoms with Crippen LogP contribution < -0.4 is 5.32 Å². The molecule has 4 heteroatoms. The van der Waals surface area contributed by atoms with Gasteiger partial charge in [0.25, 0.3) is 0 Å². The van der Waals surface area contributed by atoms with Crippen LogP contribution in [-0.4, -0.2) is 35.5 Å². The second kappa shape index (κ2) is 5.67. The average Bonchev–Trinajstić information content (AvgIpc) is 3.09. The number of benzene rings is 1. The van der Waals surface area contributed by atoms with Crippen molar-refractivity contribution in [1.82, 2.24) is 14.8 Å². The topological polar surface area (TPSA) is 37.3 Å². The summed E-state index contributed by atoms with van der Waals surface area (Å²) in [5.74, 6) is 0.235. The Kier molecular flexibility index (Phi) is 3.74. The summed E-state index contributed by atoms with van der Waals surface area (Å²) in [5.41, 5.74) is 2.40. The second-order valence-electron chi connectivity index (χ2n) is 5.46. The molecule has 3 rings (SSSR count). The minimum atomic E-state index is 0.235. The van der Waals surface area contributed by atoms with Gasteiger partial charge in [-0.15, -0.1) is 0 Å². The molecule has 20 heavy (non-hydrogen) atoms. The molecule has 106 valence electrons. The number of rotatable bonds is 4. The summed E-state index contributed by atoms with van der Waals surface area (Å²) >= 11 is 0. The number of carbonyl (C=O) groups is 1. The quantitative estimate of drug-likeness (QED) is 0.923. The molecule has 1 aliphatic rings. The molecule has 0 bridgehead atoms. The van der Waals surface area contributed by atoms with Gasteiger partial charge in [-0.25, -0.2) is 0 Å². The molecule has 1 aromatic carbocycles. The van der Waals surface area contributed by atoms with E-state index >= 15 is 0 Å². The average molecular weight is 271 g/mol. The third-order valence-electron chi connectivity index (χ3n) is 3.98. The summed E-state index contributed by atoms with van der Waals surface area (Å²) in [4.78, 5) is 14.2. The van der Waals surface area contributed by atoms with Gasteiger partial charge in [-0.05, 0) is 49.0 Å². The smallest absolute Gasteiger partial charge is 0.242 e. The SMILES string of the molecule is CNCc1ccc2c(ccn2CC(=O)N2CCCC2)c1. The number of hydrogen-bond acceptors (Lipinski definition) is 2. The molecule has 0 saturated carbocycles. The fourth-order valence-electron chi connectivity index (χ4n) is 2.91. The molecule has 1 aliphatic heterocycles. The Balaban J connectivity index is 1.79. The van der Waals surface area contributed by atoms with Crippen LogP contribution >= 0.6 is 0 Å². The molecule has 1 amide bonds. The minimum absolute atomic E-state index is 0.235. The maximum atomic E-state index is 12.2. The fourth-order valence-corrected chi connectivity index (χ4v) is 2.91. The van der Waals surface area contributed by atoms with Crippen molar-refractivity contribution in [2.75, 3.05) is 20.1 Å². The first-order chi connectivity index (χ1) is 9.78. The van der Waals surface area contributed by atoms with E-state index in [2.05, 4.69) is 34.1 Å². The Morgan fingerprint density at radius 1 is 1.25 bits per heavy atom. The fraction of sp³-hybridized carbons (Fsp3) is 0.438. The summed E-state index contributed by atoms with van der Waals surface area (Å²) in [6.07, 6.45) is 4.30. The van der Waals surface area contributed by atoms with Gasteiger partial charge in [0.05, 0.1) is 0 Å². The van der Waals surface area contributed by atoms with Gasteiger partial charge in [0.15, 0.2) is 0 Å². The van der Waals surface area contributed by atoms with Crippen molar-refractivity contribution in [2.45, 2.75) is 25.9 Å². The third kappa shape index (κ3) is 2.56. The van der Waals surface area contributed by atoms with Crippen molar-refractivity contribution in [1.29, 1.82) is 0 Å². The zero-order chi connectivity index (χ0) is 13.9. The van der Waals surface area contributed by atoms with Gasteiger partial charge in [-0.2, -0.15) is 0 Å². The van der Waals surface area contributed by atoms with Gasteiger partial charge in [-0.1, -0.05) is 6.07 Å². The number of hydrogen-bond donors (Lipinski definition) is 1. The van der Waals surface area contributed by atoms with Gasteiger partial charge in [0, 0.05) is 31.3 Å². The first-order valence-electron chi connectivity index (χ1n) is 7.28. The lowest BCUT2D eigenvalue weighted by Crippen LogP contribution is -2.30. The molecule has 0 atom stereocenters. The lowest BCUT2D eigenvalue weighted by molar-refractivity contribution is -0.130. The Morgan fingerprint density at radius 2 is 2.05 bits per heavy atom. The van der Waals surface area contributed by atoms with Crippen LogP contribution in [0.2, 0.25) is 0 Å². The molecular formula is C16H21N3O. The number of nitrogens with zero attached hydrogens (tertiary/aromatic N) is 2. The standard InChI is InChI=1S/C16H21N3O/c1-17-11-13-4-5-15-14(10-13)6-9-19(15)12-16(20)18-7-2-3-8-18/h4-6,9-10,17H,2-3,7-8,11-12H2,1H3. The third-order valence-corrected chi connectivity index (χ3v) is 3.98.